The standard InChI is InChI=1S/C15H16FNOS/c1-18-14-8-4-5-9-15(14)19-11-10-17-13-7-3-2-6-12(13)16/h2-9,17H,10-11H2,1H3. The van der Waals surface area contributed by atoms with Gasteiger partial charge in [-0.2, -0.15) is 0 Å². The molecule has 1 N–H and O–H groups in total. The second-order valence-electron chi connectivity index (χ2n) is 3.91. The van der Waals surface area contributed by atoms with Gasteiger partial charge in [0.15, 0.2) is 0 Å². The Morgan fingerprint density at radius 3 is 2.63 bits per heavy atom. The van der Waals surface area contributed by atoms with Gasteiger partial charge in [-0.3, -0.25) is 0 Å². The van der Waals surface area contributed by atoms with Crippen molar-refractivity contribution in [2.24, 2.45) is 0 Å². The molecule has 2 nitrogen and oxygen atoms in total. The molecule has 0 aliphatic carbocycles. The van der Waals surface area contributed by atoms with E-state index in [0.717, 1.165) is 16.4 Å². The first-order valence-electron chi connectivity index (χ1n) is 6.05. The molecule has 0 saturated carbocycles. The molecular formula is C15H16FNOS. The van der Waals surface area contributed by atoms with Gasteiger partial charge in [-0.25, -0.2) is 4.39 Å². The first-order valence-corrected chi connectivity index (χ1v) is 7.04. The van der Waals surface area contributed by atoms with Crippen LogP contribution in [0.2, 0.25) is 0 Å². The van der Waals surface area contributed by atoms with E-state index >= 15 is 0 Å². The Kier molecular flexibility index (Phi) is 5.10. The Morgan fingerprint density at radius 2 is 1.84 bits per heavy atom. The van der Waals surface area contributed by atoms with Crippen LogP contribution in [0.3, 0.4) is 0 Å². The fraction of sp³-hybridized carbons (Fsp3) is 0.200. The maximum absolute atomic E-state index is 13.4. The van der Waals surface area contributed by atoms with Gasteiger partial charge in [-0.1, -0.05) is 24.3 Å². The molecule has 0 atom stereocenters. The number of methoxy groups -OCH3 is 1. The average Bonchev–Trinajstić information content (AvgIpc) is 2.45. The molecule has 0 radical (unpaired) electrons. The van der Waals surface area contributed by atoms with Crippen molar-refractivity contribution in [3.8, 4) is 5.75 Å². The van der Waals surface area contributed by atoms with Crippen LogP contribution >= 0.6 is 11.8 Å². The number of thioether (sulfide) groups is 1. The molecule has 0 spiro atoms. The summed E-state index contributed by atoms with van der Waals surface area (Å²) in [6.07, 6.45) is 0. The van der Waals surface area contributed by atoms with Crippen molar-refractivity contribution in [2.75, 3.05) is 24.7 Å². The van der Waals surface area contributed by atoms with Crippen molar-refractivity contribution in [1.82, 2.24) is 0 Å². The predicted octanol–water partition coefficient (Wildman–Crippen LogP) is 4.04. The summed E-state index contributed by atoms with van der Waals surface area (Å²) in [6, 6.07) is 14.6. The van der Waals surface area contributed by atoms with Gasteiger partial charge in [0.1, 0.15) is 11.6 Å². The fourth-order valence-electron chi connectivity index (χ4n) is 1.69. The highest BCUT2D eigenvalue weighted by atomic mass is 32.2. The lowest BCUT2D eigenvalue weighted by Crippen LogP contribution is -2.05. The Morgan fingerprint density at radius 1 is 1.11 bits per heavy atom. The van der Waals surface area contributed by atoms with E-state index in [1.54, 1.807) is 31.0 Å². The molecule has 100 valence electrons. The maximum Gasteiger partial charge on any atom is 0.146 e. The quantitative estimate of drug-likeness (QED) is 0.636. The van der Waals surface area contributed by atoms with Crippen LogP contribution in [0, 0.1) is 5.82 Å². The Labute approximate surface area is 117 Å². The number of benzene rings is 2. The number of nitrogens with one attached hydrogen (secondary N) is 1. The van der Waals surface area contributed by atoms with Crippen LogP contribution in [0.4, 0.5) is 10.1 Å². The zero-order chi connectivity index (χ0) is 13.5. The summed E-state index contributed by atoms with van der Waals surface area (Å²) in [5.41, 5.74) is 0.545. The lowest BCUT2D eigenvalue weighted by Gasteiger charge is -2.09. The van der Waals surface area contributed by atoms with Gasteiger partial charge in [0.05, 0.1) is 12.8 Å². The molecule has 0 amide bonds. The van der Waals surface area contributed by atoms with Crippen molar-refractivity contribution in [1.29, 1.82) is 0 Å². The van der Waals surface area contributed by atoms with Crippen LogP contribution in [0.5, 0.6) is 5.75 Å². The molecule has 0 unspecified atom stereocenters. The van der Waals surface area contributed by atoms with Gasteiger partial charge in [0.25, 0.3) is 0 Å². The number of anilines is 1. The number of hydrogen-bond acceptors (Lipinski definition) is 3. The topological polar surface area (TPSA) is 21.3 Å². The van der Waals surface area contributed by atoms with Crippen LogP contribution in [0.1, 0.15) is 0 Å². The fourth-order valence-corrected chi connectivity index (χ4v) is 2.58. The molecule has 0 bridgehead atoms. The summed E-state index contributed by atoms with van der Waals surface area (Å²) in [4.78, 5) is 1.10. The molecule has 2 aromatic carbocycles. The van der Waals surface area contributed by atoms with Crippen molar-refractivity contribution in [3.05, 3.63) is 54.3 Å². The lowest BCUT2D eigenvalue weighted by molar-refractivity contribution is 0.405. The third-order valence-corrected chi connectivity index (χ3v) is 3.67. The zero-order valence-corrected chi connectivity index (χ0v) is 11.5. The Bertz CT molecular complexity index is 533. The largest absolute Gasteiger partial charge is 0.496 e. The van der Waals surface area contributed by atoms with Gasteiger partial charge < -0.3 is 10.1 Å². The molecule has 0 aromatic heterocycles. The second kappa shape index (κ2) is 7.04. The Balaban J connectivity index is 1.83. The van der Waals surface area contributed by atoms with Crippen molar-refractivity contribution >= 4 is 17.4 Å². The van der Waals surface area contributed by atoms with E-state index in [0.29, 0.717) is 12.2 Å². The highest BCUT2D eigenvalue weighted by Gasteiger charge is 2.02. The van der Waals surface area contributed by atoms with E-state index in [1.807, 2.05) is 30.3 Å². The summed E-state index contributed by atoms with van der Waals surface area (Å²) in [5.74, 6) is 1.50. The van der Waals surface area contributed by atoms with Crippen LogP contribution < -0.4 is 10.1 Å². The van der Waals surface area contributed by atoms with E-state index in [1.165, 1.54) is 6.07 Å². The van der Waals surface area contributed by atoms with Gasteiger partial charge in [0.2, 0.25) is 0 Å². The molecular weight excluding hydrogens is 261 g/mol. The zero-order valence-electron chi connectivity index (χ0n) is 10.7. The summed E-state index contributed by atoms with van der Waals surface area (Å²) < 4.78 is 18.6. The van der Waals surface area contributed by atoms with Crippen molar-refractivity contribution < 1.29 is 9.13 Å². The second-order valence-corrected chi connectivity index (χ2v) is 5.04. The minimum atomic E-state index is -0.218. The molecule has 0 aliphatic heterocycles. The van der Waals surface area contributed by atoms with Gasteiger partial charge in [0, 0.05) is 17.2 Å². The van der Waals surface area contributed by atoms with Gasteiger partial charge >= 0.3 is 0 Å². The van der Waals surface area contributed by atoms with Gasteiger partial charge in [-0.15, -0.1) is 11.8 Å². The third-order valence-electron chi connectivity index (χ3n) is 2.62. The number of para-hydroxylation sites is 2. The van der Waals surface area contributed by atoms with E-state index in [-0.39, 0.29) is 5.82 Å². The molecule has 2 aromatic rings. The molecule has 0 heterocycles. The smallest absolute Gasteiger partial charge is 0.146 e. The molecule has 0 aliphatic rings. The number of ether oxygens (including phenoxy) is 1. The van der Waals surface area contributed by atoms with Crippen LogP contribution in [-0.4, -0.2) is 19.4 Å². The summed E-state index contributed by atoms with van der Waals surface area (Å²) >= 11 is 1.69. The average molecular weight is 277 g/mol. The first-order chi connectivity index (χ1) is 9.31. The SMILES string of the molecule is COc1ccccc1SCCNc1ccccc1F. The monoisotopic (exact) mass is 277 g/mol. The van der Waals surface area contributed by atoms with E-state index < -0.39 is 0 Å². The molecule has 2 rings (SSSR count). The summed E-state index contributed by atoms with van der Waals surface area (Å²) in [6.45, 7) is 0.698. The minimum Gasteiger partial charge on any atom is -0.496 e. The highest BCUT2D eigenvalue weighted by molar-refractivity contribution is 7.99. The normalized spacial score (nSPS) is 10.2. The lowest BCUT2D eigenvalue weighted by atomic mass is 10.3. The van der Waals surface area contributed by atoms with Crippen LogP contribution in [-0.2, 0) is 0 Å². The maximum atomic E-state index is 13.4. The summed E-state index contributed by atoms with van der Waals surface area (Å²) in [5, 5.41) is 3.08. The summed E-state index contributed by atoms with van der Waals surface area (Å²) in [7, 11) is 1.66. The van der Waals surface area contributed by atoms with E-state index in [9.17, 15) is 4.39 Å². The first kappa shape index (κ1) is 13.7. The van der Waals surface area contributed by atoms with Crippen LogP contribution in [0.15, 0.2) is 53.4 Å². The minimum absolute atomic E-state index is 0.218. The highest BCUT2D eigenvalue weighted by Crippen LogP contribution is 2.28. The third kappa shape index (κ3) is 3.89. The van der Waals surface area contributed by atoms with Gasteiger partial charge in [-0.05, 0) is 24.3 Å². The predicted molar refractivity (Wildman–Crippen MR) is 78.6 cm³/mol. The van der Waals surface area contributed by atoms with Crippen molar-refractivity contribution in [3.63, 3.8) is 0 Å². The van der Waals surface area contributed by atoms with Crippen molar-refractivity contribution in [2.45, 2.75) is 4.90 Å². The van der Waals surface area contributed by atoms with E-state index in [4.69, 9.17) is 4.74 Å². The molecule has 4 heteroatoms. The number of halogens is 1. The van der Waals surface area contributed by atoms with Crippen LogP contribution in [0.25, 0.3) is 0 Å². The molecule has 0 fully saturated rings. The molecule has 19 heavy (non-hydrogen) atoms. The number of hydrogen-bond donors (Lipinski definition) is 1. The van der Waals surface area contributed by atoms with E-state index in [2.05, 4.69) is 5.32 Å². The number of rotatable bonds is 6. The molecule has 0 saturated heterocycles. The Hall–Kier alpha value is -1.68.